The topological polar surface area (TPSA) is 59.6 Å². The highest BCUT2D eigenvalue weighted by molar-refractivity contribution is 5.91. The molecule has 0 saturated heterocycles. The van der Waals surface area contributed by atoms with Gasteiger partial charge in [-0.3, -0.25) is 4.79 Å². The van der Waals surface area contributed by atoms with Crippen LogP contribution in [0.25, 0.3) is 0 Å². The number of hydrogen-bond acceptors (Lipinski definition) is 4. The van der Waals surface area contributed by atoms with Gasteiger partial charge in [-0.15, -0.1) is 0 Å². The van der Waals surface area contributed by atoms with E-state index in [0.717, 1.165) is 30.8 Å². The van der Waals surface area contributed by atoms with E-state index in [-0.39, 0.29) is 12.5 Å². The van der Waals surface area contributed by atoms with Crippen LogP contribution >= 0.6 is 0 Å². The first-order valence-electron chi connectivity index (χ1n) is 8.67. The number of para-hydroxylation sites is 1. The number of carbonyl (C=O) groups excluding carboxylic acids is 1. The Balaban J connectivity index is 1.94. The van der Waals surface area contributed by atoms with Crippen molar-refractivity contribution in [1.82, 2.24) is 5.32 Å². The maximum absolute atomic E-state index is 12.0. The monoisotopic (exact) mass is 342 g/mol. The predicted octanol–water partition coefficient (Wildman–Crippen LogP) is 3.60. The van der Waals surface area contributed by atoms with E-state index in [2.05, 4.69) is 17.6 Å². The summed E-state index contributed by atoms with van der Waals surface area (Å²) in [6.07, 6.45) is 1.09. The van der Waals surface area contributed by atoms with E-state index in [4.69, 9.17) is 9.47 Å². The molecule has 1 amide bonds. The second kappa shape index (κ2) is 10.4. The molecule has 2 aromatic rings. The molecule has 0 saturated carbocycles. The highest BCUT2D eigenvalue weighted by Gasteiger charge is 2.09. The average molecular weight is 342 g/mol. The summed E-state index contributed by atoms with van der Waals surface area (Å²) in [7, 11) is 0. The number of benzene rings is 2. The van der Waals surface area contributed by atoms with Crippen LogP contribution in [0.2, 0.25) is 0 Å². The SMILES string of the molecule is CCCNCc1ccc(OCC(=O)Nc2ccccc2)c(OCC)c1. The second-order valence-electron chi connectivity index (χ2n) is 5.59. The van der Waals surface area contributed by atoms with Gasteiger partial charge in [0.25, 0.3) is 5.91 Å². The normalized spacial score (nSPS) is 10.3. The van der Waals surface area contributed by atoms with Crippen LogP contribution in [0.1, 0.15) is 25.8 Å². The van der Waals surface area contributed by atoms with Crippen molar-refractivity contribution in [3.63, 3.8) is 0 Å². The van der Waals surface area contributed by atoms with Crippen molar-refractivity contribution in [2.45, 2.75) is 26.8 Å². The molecule has 0 aliphatic heterocycles. The molecular weight excluding hydrogens is 316 g/mol. The van der Waals surface area contributed by atoms with Crippen molar-refractivity contribution < 1.29 is 14.3 Å². The third-order valence-corrected chi connectivity index (χ3v) is 3.48. The van der Waals surface area contributed by atoms with Gasteiger partial charge >= 0.3 is 0 Å². The van der Waals surface area contributed by atoms with Gasteiger partial charge in [-0.1, -0.05) is 31.2 Å². The van der Waals surface area contributed by atoms with Crippen molar-refractivity contribution in [3.8, 4) is 11.5 Å². The Kier molecular flexibility index (Phi) is 7.79. The van der Waals surface area contributed by atoms with E-state index in [1.165, 1.54) is 0 Å². The summed E-state index contributed by atoms with van der Waals surface area (Å²) in [4.78, 5) is 12.0. The first kappa shape index (κ1) is 18.8. The fraction of sp³-hybridized carbons (Fsp3) is 0.350. The van der Waals surface area contributed by atoms with E-state index in [1.807, 2.05) is 55.5 Å². The van der Waals surface area contributed by atoms with Gasteiger partial charge in [0.1, 0.15) is 0 Å². The number of rotatable bonds is 10. The summed E-state index contributed by atoms with van der Waals surface area (Å²) < 4.78 is 11.3. The lowest BCUT2D eigenvalue weighted by Crippen LogP contribution is -2.20. The number of carbonyl (C=O) groups is 1. The molecular formula is C20H26N2O3. The molecule has 134 valence electrons. The molecule has 0 aromatic heterocycles. The average Bonchev–Trinajstić information content (AvgIpc) is 2.62. The van der Waals surface area contributed by atoms with E-state index < -0.39 is 0 Å². The molecule has 5 nitrogen and oxygen atoms in total. The number of nitrogens with one attached hydrogen (secondary N) is 2. The number of anilines is 1. The van der Waals surface area contributed by atoms with Crippen LogP contribution in [0.3, 0.4) is 0 Å². The van der Waals surface area contributed by atoms with E-state index >= 15 is 0 Å². The maximum atomic E-state index is 12.0. The van der Waals surface area contributed by atoms with Gasteiger partial charge in [0, 0.05) is 12.2 Å². The fourth-order valence-corrected chi connectivity index (χ4v) is 2.32. The van der Waals surface area contributed by atoms with Crippen molar-refractivity contribution >= 4 is 11.6 Å². The number of amides is 1. The smallest absolute Gasteiger partial charge is 0.262 e. The summed E-state index contributed by atoms with van der Waals surface area (Å²) in [5.41, 5.74) is 1.87. The van der Waals surface area contributed by atoms with E-state index in [9.17, 15) is 4.79 Å². The Bertz CT molecular complexity index is 659. The molecule has 0 heterocycles. The number of ether oxygens (including phenoxy) is 2. The minimum Gasteiger partial charge on any atom is -0.490 e. The Labute approximate surface area is 149 Å². The molecule has 0 aliphatic rings. The Hall–Kier alpha value is -2.53. The van der Waals surface area contributed by atoms with Gasteiger partial charge in [-0.2, -0.15) is 0 Å². The molecule has 2 N–H and O–H groups in total. The molecule has 0 bridgehead atoms. The highest BCUT2D eigenvalue weighted by Crippen LogP contribution is 2.28. The predicted molar refractivity (Wildman–Crippen MR) is 100 cm³/mol. The van der Waals surface area contributed by atoms with Crippen LogP contribution in [-0.2, 0) is 11.3 Å². The summed E-state index contributed by atoms with van der Waals surface area (Å²) in [6, 6.07) is 15.1. The van der Waals surface area contributed by atoms with Crippen LogP contribution in [-0.4, -0.2) is 25.7 Å². The summed E-state index contributed by atoms with van der Waals surface area (Å²) in [5, 5.41) is 6.15. The summed E-state index contributed by atoms with van der Waals surface area (Å²) >= 11 is 0. The van der Waals surface area contributed by atoms with Crippen LogP contribution in [0, 0.1) is 0 Å². The van der Waals surface area contributed by atoms with Gasteiger partial charge in [0.2, 0.25) is 0 Å². The van der Waals surface area contributed by atoms with Crippen LogP contribution in [0.15, 0.2) is 48.5 Å². The molecule has 25 heavy (non-hydrogen) atoms. The Morgan fingerprint density at radius 2 is 1.80 bits per heavy atom. The molecule has 0 unspecified atom stereocenters. The first-order valence-corrected chi connectivity index (χ1v) is 8.67. The second-order valence-corrected chi connectivity index (χ2v) is 5.59. The lowest BCUT2D eigenvalue weighted by molar-refractivity contribution is -0.118. The zero-order valence-electron chi connectivity index (χ0n) is 14.9. The third-order valence-electron chi connectivity index (χ3n) is 3.48. The van der Waals surface area contributed by atoms with E-state index in [1.54, 1.807) is 0 Å². The Morgan fingerprint density at radius 3 is 2.52 bits per heavy atom. The van der Waals surface area contributed by atoms with E-state index in [0.29, 0.717) is 18.1 Å². The minimum atomic E-state index is -0.206. The van der Waals surface area contributed by atoms with Crippen molar-refractivity contribution in [2.24, 2.45) is 0 Å². The fourth-order valence-electron chi connectivity index (χ4n) is 2.32. The molecule has 0 atom stereocenters. The summed E-state index contributed by atoms with van der Waals surface area (Å²) in [5.74, 6) is 1.03. The minimum absolute atomic E-state index is 0.0671. The van der Waals surface area contributed by atoms with Crippen LogP contribution in [0.4, 0.5) is 5.69 Å². The molecule has 0 fully saturated rings. The molecule has 0 aliphatic carbocycles. The molecule has 2 rings (SSSR count). The molecule has 0 radical (unpaired) electrons. The summed E-state index contributed by atoms with van der Waals surface area (Å²) in [6.45, 7) is 6.29. The molecule has 0 spiro atoms. The van der Waals surface area contributed by atoms with Crippen LogP contribution < -0.4 is 20.1 Å². The largest absolute Gasteiger partial charge is 0.490 e. The van der Waals surface area contributed by atoms with Crippen molar-refractivity contribution in [3.05, 3.63) is 54.1 Å². The zero-order valence-corrected chi connectivity index (χ0v) is 14.9. The lowest BCUT2D eigenvalue weighted by atomic mass is 10.2. The number of hydrogen-bond donors (Lipinski definition) is 2. The van der Waals surface area contributed by atoms with Gasteiger partial charge in [0.05, 0.1) is 6.61 Å². The highest BCUT2D eigenvalue weighted by atomic mass is 16.5. The standard InChI is InChI=1S/C20H26N2O3/c1-3-12-21-14-16-10-11-18(19(13-16)24-4-2)25-15-20(23)22-17-8-6-5-7-9-17/h5-11,13,21H,3-4,12,14-15H2,1-2H3,(H,22,23). The van der Waals surface area contributed by atoms with Gasteiger partial charge in [0.15, 0.2) is 18.1 Å². The van der Waals surface area contributed by atoms with Crippen molar-refractivity contribution in [2.75, 3.05) is 25.1 Å². The van der Waals surface area contributed by atoms with Gasteiger partial charge < -0.3 is 20.1 Å². The molecule has 2 aromatic carbocycles. The van der Waals surface area contributed by atoms with Crippen LogP contribution in [0.5, 0.6) is 11.5 Å². The molecule has 5 heteroatoms. The van der Waals surface area contributed by atoms with Crippen molar-refractivity contribution in [1.29, 1.82) is 0 Å². The zero-order chi connectivity index (χ0) is 17.9. The third kappa shape index (κ3) is 6.47. The van der Waals surface area contributed by atoms with Gasteiger partial charge in [-0.25, -0.2) is 0 Å². The lowest BCUT2D eigenvalue weighted by Gasteiger charge is -2.14. The Morgan fingerprint density at radius 1 is 1.00 bits per heavy atom. The maximum Gasteiger partial charge on any atom is 0.262 e. The van der Waals surface area contributed by atoms with Gasteiger partial charge in [-0.05, 0) is 49.7 Å². The quantitative estimate of drug-likeness (QED) is 0.648. The first-order chi connectivity index (χ1) is 12.2.